The molecule has 0 bridgehead atoms. The Kier molecular flexibility index (Phi) is 11.6. The van der Waals surface area contributed by atoms with E-state index in [4.69, 9.17) is 0 Å². The summed E-state index contributed by atoms with van der Waals surface area (Å²) in [7, 11) is 0. The van der Waals surface area contributed by atoms with Gasteiger partial charge >= 0.3 is 0 Å². The van der Waals surface area contributed by atoms with E-state index in [1.54, 1.807) is 0 Å². The molecular formula is C83H72N6. The average Bonchev–Trinajstić information content (AvgIpc) is 1.53. The molecule has 0 aliphatic heterocycles. The first kappa shape index (κ1) is 54.3. The van der Waals surface area contributed by atoms with Gasteiger partial charge in [-0.25, -0.2) is 0 Å². The molecule has 6 nitrogen and oxygen atoms in total. The van der Waals surface area contributed by atoms with Crippen molar-refractivity contribution in [3.05, 3.63) is 246 Å². The van der Waals surface area contributed by atoms with Gasteiger partial charge < -0.3 is 22.8 Å². The molecule has 0 atom stereocenters. The third-order valence-electron chi connectivity index (χ3n) is 19.3. The summed E-state index contributed by atoms with van der Waals surface area (Å²) >= 11 is 0. The van der Waals surface area contributed by atoms with E-state index in [1.807, 2.05) is 0 Å². The Morgan fingerprint density at radius 2 is 0.404 bits per heavy atom. The first-order chi connectivity index (χ1) is 42.7. The Morgan fingerprint density at radius 3 is 0.607 bits per heavy atom. The minimum absolute atomic E-state index is 0.145. The number of nitrogens with zero attached hydrogens (tertiary/aromatic N) is 6. The molecule has 5 aromatic heterocycles. The lowest BCUT2D eigenvalue weighted by Crippen LogP contribution is -2.19. The molecule has 0 unspecified atom stereocenters. The van der Waals surface area contributed by atoms with Crippen LogP contribution in [-0.4, -0.2) is 22.8 Å². The molecular weight excluding hydrogens is 1080 g/mol. The second-order valence-corrected chi connectivity index (χ2v) is 28.9. The smallest absolute Gasteiger partial charge is 0.105 e. The summed E-state index contributed by atoms with van der Waals surface area (Å²) in [5.41, 5.74) is 19.6. The Morgan fingerprint density at radius 1 is 0.225 bits per heavy atom. The highest BCUT2D eigenvalue weighted by Gasteiger charge is 2.37. The van der Waals surface area contributed by atoms with E-state index < -0.39 is 0 Å². The van der Waals surface area contributed by atoms with Crippen molar-refractivity contribution in [2.24, 2.45) is 0 Å². The third kappa shape index (κ3) is 7.93. The van der Waals surface area contributed by atoms with Gasteiger partial charge in [0.2, 0.25) is 0 Å². The predicted molar refractivity (Wildman–Crippen MR) is 378 cm³/mol. The minimum atomic E-state index is -0.145. The van der Waals surface area contributed by atoms with Crippen LogP contribution in [0.25, 0.3) is 137 Å². The quantitative estimate of drug-likeness (QED) is 0.169. The molecule has 5 heterocycles. The topological polar surface area (TPSA) is 48.4 Å². The standard InChI is InChI=1S/C83H72N6/c1-80(2,3)50-37-41-71-60(45-50)61-46-51(81(4,5)6)38-42-72(61)88(71)77-75(85-65-31-19-13-25-54(65)55-26-14-20-32-66(55)85)64(49-84)76(86-67-33-21-15-27-56(67)57-28-16-22-34-68(57)86)78(79(77)87-69-35-23-17-29-58(69)59-30-18-24-36-70(59)87)89-73-43-39-52(82(7,8)9)47-62(73)63-48-53(83(10,11)12)40-44-74(63)89/h13-48H,1-12H3. The van der Waals surface area contributed by atoms with Gasteiger partial charge in [0.15, 0.2) is 0 Å². The lowest BCUT2D eigenvalue weighted by atomic mass is 9.85. The van der Waals surface area contributed by atoms with E-state index in [0.29, 0.717) is 5.56 Å². The van der Waals surface area contributed by atoms with Gasteiger partial charge in [-0.05, 0) is 129 Å². The van der Waals surface area contributed by atoms with Gasteiger partial charge in [-0.1, -0.05) is 217 Å². The van der Waals surface area contributed by atoms with Gasteiger partial charge in [0.05, 0.1) is 83.6 Å². The van der Waals surface area contributed by atoms with Gasteiger partial charge in [-0.15, -0.1) is 0 Å². The summed E-state index contributed by atoms with van der Waals surface area (Å²) < 4.78 is 12.6. The molecule has 0 saturated heterocycles. The summed E-state index contributed by atoms with van der Waals surface area (Å²) in [6.07, 6.45) is 0. The molecule has 6 heteroatoms. The van der Waals surface area contributed by atoms with Crippen molar-refractivity contribution < 1.29 is 0 Å². The Hall–Kier alpha value is -10.1. The first-order valence-corrected chi connectivity index (χ1v) is 31.5. The molecule has 0 aliphatic carbocycles. The summed E-state index contributed by atoms with van der Waals surface area (Å²) in [5, 5.41) is 24.7. The zero-order valence-corrected chi connectivity index (χ0v) is 53.0. The molecule has 0 spiro atoms. The fraction of sp³-hybridized carbons (Fsp3) is 0.193. The molecule has 0 fully saturated rings. The van der Waals surface area contributed by atoms with E-state index in [1.165, 1.54) is 22.3 Å². The van der Waals surface area contributed by atoms with Crippen LogP contribution in [0.3, 0.4) is 0 Å². The SMILES string of the molecule is CC(C)(C)c1ccc2c(c1)c1cc(C(C)(C)C)ccc1n2-c1c(-n2c3ccccc3c3ccccc32)c(C#N)c(-n2c3ccccc3c3ccccc32)c(-n2c3ccc(C(C)(C)C)cc3c3cc(C(C)(C)C)ccc32)c1-n1c2ccccc2c2ccccc21. The van der Waals surface area contributed by atoms with Gasteiger partial charge in [0, 0.05) is 53.9 Å². The van der Waals surface area contributed by atoms with E-state index in [2.05, 4.69) is 330 Å². The van der Waals surface area contributed by atoms with Crippen LogP contribution in [0.15, 0.2) is 218 Å². The van der Waals surface area contributed by atoms with Gasteiger partial charge in [0.1, 0.15) is 11.6 Å². The van der Waals surface area contributed by atoms with E-state index in [0.717, 1.165) is 137 Å². The summed E-state index contributed by atoms with van der Waals surface area (Å²) in [6, 6.07) is 84.9. The molecule has 0 radical (unpaired) electrons. The predicted octanol–water partition coefficient (Wildman–Crippen LogP) is 22.2. The fourth-order valence-electron chi connectivity index (χ4n) is 14.7. The minimum Gasteiger partial charge on any atom is -0.306 e. The maximum atomic E-state index is 13.3. The molecule has 89 heavy (non-hydrogen) atoms. The van der Waals surface area contributed by atoms with Crippen LogP contribution in [0.2, 0.25) is 0 Å². The molecule has 11 aromatic carbocycles. The number of hydrogen-bond donors (Lipinski definition) is 0. The highest BCUT2D eigenvalue weighted by atomic mass is 15.2. The number of rotatable bonds is 5. The van der Waals surface area contributed by atoms with Crippen molar-refractivity contribution in [1.82, 2.24) is 22.8 Å². The Bertz CT molecular complexity index is 5130. The molecule has 0 saturated carbocycles. The monoisotopic (exact) mass is 1150 g/mol. The van der Waals surface area contributed by atoms with Crippen molar-refractivity contribution in [2.75, 3.05) is 0 Å². The molecule has 16 rings (SSSR count). The lowest BCUT2D eigenvalue weighted by Gasteiger charge is -2.30. The van der Waals surface area contributed by atoms with Crippen LogP contribution in [-0.2, 0) is 21.7 Å². The maximum absolute atomic E-state index is 13.3. The van der Waals surface area contributed by atoms with Crippen LogP contribution in [0, 0.1) is 11.3 Å². The zero-order valence-electron chi connectivity index (χ0n) is 53.0. The molecule has 0 aliphatic rings. The second-order valence-electron chi connectivity index (χ2n) is 28.9. The highest BCUT2D eigenvalue weighted by Crippen LogP contribution is 2.53. The number of para-hydroxylation sites is 6. The largest absolute Gasteiger partial charge is 0.306 e. The van der Waals surface area contributed by atoms with Crippen molar-refractivity contribution in [2.45, 2.75) is 105 Å². The number of aromatic nitrogens is 5. The van der Waals surface area contributed by atoms with E-state index >= 15 is 0 Å². The highest BCUT2D eigenvalue weighted by molar-refractivity contribution is 6.18. The number of nitriles is 1. The van der Waals surface area contributed by atoms with Crippen LogP contribution in [0.5, 0.6) is 0 Å². The van der Waals surface area contributed by atoms with Crippen molar-refractivity contribution in [3.63, 3.8) is 0 Å². The van der Waals surface area contributed by atoms with E-state index in [-0.39, 0.29) is 21.7 Å². The van der Waals surface area contributed by atoms with Crippen molar-refractivity contribution in [1.29, 1.82) is 5.26 Å². The second kappa shape index (κ2) is 19.0. The summed E-state index contributed by atoms with van der Waals surface area (Å²) in [4.78, 5) is 0. The molecule has 0 amide bonds. The Balaban J connectivity index is 1.29. The van der Waals surface area contributed by atoms with Gasteiger partial charge in [-0.2, -0.15) is 5.26 Å². The van der Waals surface area contributed by atoms with E-state index in [9.17, 15) is 5.26 Å². The number of benzene rings is 11. The maximum Gasteiger partial charge on any atom is 0.105 e. The fourth-order valence-corrected chi connectivity index (χ4v) is 14.7. The van der Waals surface area contributed by atoms with Crippen LogP contribution in [0.1, 0.15) is 111 Å². The molecule has 0 N–H and O–H groups in total. The number of hydrogen-bond acceptors (Lipinski definition) is 1. The van der Waals surface area contributed by atoms with Gasteiger partial charge in [0.25, 0.3) is 0 Å². The molecule has 434 valence electrons. The summed E-state index contributed by atoms with van der Waals surface area (Å²) in [5.74, 6) is 0. The van der Waals surface area contributed by atoms with Gasteiger partial charge in [-0.3, -0.25) is 0 Å². The van der Waals surface area contributed by atoms with Crippen LogP contribution in [0.4, 0.5) is 0 Å². The summed E-state index contributed by atoms with van der Waals surface area (Å²) in [6.45, 7) is 27.8. The third-order valence-corrected chi connectivity index (χ3v) is 19.3. The normalized spacial score (nSPS) is 12.9. The zero-order chi connectivity index (χ0) is 61.4. The van der Waals surface area contributed by atoms with Crippen molar-refractivity contribution in [3.8, 4) is 34.5 Å². The number of fused-ring (bicyclic) bond motifs is 15. The molecule has 16 aromatic rings. The van der Waals surface area contributed by atoms with Crippen LogP contribution < -0.4 is 0 Å². The lowest BCUT2D eigenvalue weighted by molar-refractivity contribution is 0.590. The Labute approximate surface area is 519 Å². The average molecular weight is 1150 g/mol. The van der Waals surface area contributed by atoms with Crippen LogP contribution >= 0.6 is 0 Å². The first-order valence-electron chi connectivity index (χ1n) is 31.5. The van der Waals surface area contributed by atoms with Crippen molar-refractivity contribution >= 4 is 109 Å².